The third kappa shape index (κ3) is 7.37. The molecule has 30 heavy (non-hydrogen) atoms. The fourth-order valence-electron chi connectivity index (χ4n) is 2.29. The molecule has 1 heterocycles. The van der Waals surface area contributed by atoms with Gasteiger partial charge in [-0.3, -0.25) is 24.7 Å². The van der Waals surface area contributed by atoms with E-state index in [1.807, 2.05) is 0 Å². The van der Waals surface area contributed by atoms with E-state index in [0.29, 0.717) is 0 Å². The van der Waals surface area contributed by atoms with Gasteiger partial charge in [-0.25, -0.2) is 0 Å². The van der Waals surface area contributed by atoms with Crippen LogP contribution < -0.4 is 15.4 Å². The summed E-state index contributed by atoms with van der Waals surface area (Å²) in [5.41, 5.74) is -0.250. The van der Waals surface area contributed by atoms with Crippen LogP contribution in [0, 0.1) is 10.1 Å². The molecule has 2 amide bonds. The van der Waals surface area contributed by atoms with E-state index >= 15 is 0 Å². The number of nitrogens with zero attached hydrogens (tertiary/aromatic N) is 2. The van der Waals surface area contributed by atoms with Gasteiger partial charge in [0.15, 0.2) is 6.61 Å². The molecule has 0 fully saturated rings. The Morgan fingerprint density at radius 3 is 2.47 bits per heavy atom. The quantitative estimate of drug-likeness (QED) is 0.469. The Kier molecular flexibility index (Phi) is 7.67. The number of carbonyl (C=O) groups excluding carboxylic acids is 2. The number of rotatable bonds is 9. The minimum atomic E-state index is -4.60. The van der Waals surface area contributed by atoms with Crippen LogP contribution in [0.25, 0.3) is 0 Å². The van der Waals surface area contributed by atoms with Crippen molar-refractivity contribution in [1.82, 2.24) is 15.6 Å². The van der Waals surface area contributed by atoms with Crippen LogP contribution >= 0.6 is 0 Å². The Labute approximate surface area is 168 Å². The maximum absolute atomic E-state index is 12.3. The van der Waals surface area contributed by atoms with E-state index in [1.165, 1.54) is 0 Å². The summed E-state index contributed by atoms with van der Waals surface area (Å²) in [6, 6.07) is 6.13. The molecule has 1 aromatic carbocycles. The molecule has 0 aliphatic heterocycles. The van der Waals surface area contributed by atoms with Crippen molar-refractivity contribution in [3.8, 4) is 5.75 Å². The molecule has 0 saturated carbocycles. The van der Waals surface area contributed by atoms with Crippen molar-refractivity contribution in [2.75, 3.05) is 13.2 Å². The number of ether oxygens (including phenoxy) is 1. The standard InChI is InChI=1S/C18H17F3N4O5/c19-18(20,21)11-30-13-1-2-15(25(28)29)14(9-13)17(27)23-8-5-16(26)24-10-12-3-6-22-7-4-12/h1-4,6-7,9H,5,8,10-11H2,(H,23,27)(H,24,26). The summed E-state index contributed by atoms with van der Waals surface area (Å²) in [5, 5.41) is 16.1. The Morgan fingerprint density at radius 2 is 1.83 bits per heavy atom. The van der Waals surface area contributed by atoms with Crippen molar-refractivity contribution in [3.63, 3.8) is 0 Å². The Morgan fingerprint density at radius 1 is 1.13 bits per heavy atom. The van der Waals surface area contributed by atoms with Crippen LogP contribution in [0.2, 0.25) is 0 Å². The summed E-state index contributed by atoms with van der Waals surface area (Å²) in [6.45, 7) is -1.48. The van der Waals surface area contributed by atoms with E-state index in [2.05, 4.69) is 20.4 Å². The van der Waals surface area contributed by atoms with Gasteiger partial charge < -0.3 is 15.4 Å². The molecular formula is C18H17F3N4O5. The minimum absolute atomic E-state index is 0.102. The molecule has 12 heteroatoms. The first kappa shape index (κ1) is 22.6. The smallest absolute Gasteiger partial charge is 0.422 e. The van der Waals surface area contributed by atoms with Gasteiger partial charge in [0.2, 0.25) is 5.91 Å². The number of pyridine rings is 1. The second-order valence-electron chi connectivity index (χ2n) is 5.98. The van der Waals surface area contributed by atoms with Gasteiger partial charge in [-0.1, -0.05) is 0 Å². The lowest BCUT2D eigenvalue weighted by Crippen LogP contribution is -2.30. The van der Waals surface area contributed by atoms with Crippen molar-refractivity contribution < 1.29 is 32.4 Å². The molecule has 9 nitrogen and oxygen atoms in total. The predicted octanol–water partition coefficient (Wildman–Crippen LogP) is 2.37. The minimum Gasteiger partial charge on any atom is -0.484 e. The molecule has 0 bridgehead atoms. The first-order valence-electron chi connectivity index (χ1n) is 8.57. The molecule has 0 aliphatic carbocycles. The first-order chi connectivity index (χ1) is 14.2. The van der Waals surface area contributed by atoms with Crippen LogP contribution in [0.1, 0.15) is 22.3 Å². The fourth-order valence-corrected chi connectivity index (χ4v) is 2.29. The second-order valence-corrected chi connectivity index (χ2v) is 5.98. The molecule has 2 N–H and O–H groups in total. The topological polar surface area (TPSA) is 123 Å². The molecule has 2 aromatic rings. The van der Waals surface area contributed by atoms with Crippen LogP contribution in [0.15, 0.2) is 42.7 Å². The average Bonchev–Trinajstić information content (AvgIpc) is 2.70. The maximum atomic E-state index is 12.3. The average molecular weight is 426 g/mol. The lowest BCUT2D eigenvalue weighted by atomic mass is 10.1. The number of carbonyl (C=O) groups is 2. The second kappa shape index (κ2) is 10.2. The number of halogens is 3. The third-order valence-electron chi connectivity index (χ3n) is 3.69. The van der Waals surface area contributed by atoms with Crippen LogP contribution in [-0.4, -0.2) is 41.0 Å². The van der Waals surface area contributed by atoms with E-state index < -0.39 is 34.9 Å². The summed E-state index contributed by atoms with van der Waals surface area (Å²) in [6.07, 6.45) is -1.56. The van der Waals surface area contributed by atoms with Crippen molar-refractivity contribution in [1.29, 1.82) is 0 Å². The van der Waals surface area contributed by atoms with Gasteiger partial charge in [0.05, 0.1) is 4.92 Å². The maximum Gasteiger partial charge on any atom is 0.422 e. The molecule has 0 saturated heterocycles. The number of aromatic nitrogens is 1. The predicted molar refractivity (Wildman–Crippen MR) is 97.7 cm³/mol. The van der Waals surface area contributed by atoms with Gasteiger partial charge in [0.1, 0.15) is 11.3 Å². The number of alkyl halides is 3. The van der Waals surface area contributed by atoms with Gasteiger partial charge in [0, 0.05) is 38.0 Å². The molecule has 0 spiro atoms. The number of hydrogen-bond acceptors (Lipinski definition) is 6. The Bertz CT molecular complexity index is 906. The van der Waals surface area contributed by atoms with E-state index in [1.54, 1.807) is 24.5 Å². The number of benzene rings is 1. The van der Waals surface area contributed by atoms with Crippen LogP contribution in [0.5, 0.6) is 5.75 Å². The molecule has 2 rings (SSSR count). The van der Waals surface area contributed by atoms with Crippen molar-refractivity contribution in [2.24, 2.45) is 0 Å². The van der Waals surface area contributed by atoms with Gasteiger partial charge in [-0.05, 0) is 29.8 Å². The van der Waals surface area contributed by atoms with Gasteiger partial charge in [-0.2, -0.15) is 13.2 Å². The van der Waals surface area contributed by atoms with Crippen molar-refractivity contribution in [2.45, 2.75) is 19.1 Å². The van der Waals surface area contributed by atoms with Crippen LogP contribution in [0.3, 0.4) is 0 Å². The third-order valence-corrected chi connectivity index (χ3v) is 3.69. The summed E-state index contributed by atoms with van der Waals surface area (Å²) >= 11 is 0. The van der Waals surface area contributed by atoms with Crippen LogP contribution in [-0.2, 0) is 11.3 Å². The van der Waals surface area contributed by atoms with E-state index in [0.717, 1.165) is 23.8 Å². The highest BCUT2D eigenvalue weighted by atomic mass is 19.4. The van der Waals surface area contributed by atoms with E-state index in [-0.39, 0.29) is 31.2 Å². The lowest BCUT2D eigenvalue weighted by molar-refractivity contribution is -0.385. The van der Waals surface area contributed by atoms with E-state index in [4.69, 9.17) is 0 Å². The van der Waals surface area contributed by atoms with Gasteiger partial charge in [-0.15, -0.1) is 0 Å². The molecule has 0 aliphatic rings. The Balaban J connectivity index is 1.92. The van der Waals surface area contributed by atoms with Crippen LogP contribution in [0.4, 0.5) is 18.9 Å². The SMILES string of the molecule is O=C(CCNC(=O)c1cc(OCC(F)(F)F)ccc1[N+](=O)[O-])NCc1ccncc1. The number of hydrogen-bond donors (Lipinski definition) is 2. The zero-order valence-corrected chi connectivity index (χ0v) is 15.4. The number of nitro benzene ring substituents is 1. The van der Waals surface area contributed by atoms with Gasteiger partial charge in [0.25, 0.3) is 11.6 Å². The molecule has 0 unspecified atom stereocenters. The van der Waals surface area contributed by atoms with E-state index in [9.17, 15) is 32.9 Å². The molecular weight excluding hydrogens is 409 g/mol. The van der Waals surface area contributed by atoms with Gasteiger partial charge >= 0.3 is 6.18 Å². The number of nitro groups is 1. The summed E-state index contributed by atoms with van der Waals surface area (Å²) in [4.78, 5) is 38.2. The van der Waals surface area contributed by atoms with Crippen molar-refractivity contribution in [3.05, 3.63) is 64.0 Å². The normalized spacial score (nSPS) is 10.9. The zero-order valence-electron chi connectivity index (χ0n) is 15.4. The fraction of sp³-hybridized carbons (Fsp3) is 0.278. The summed E-state index contributed by atoms with van der Waals surface area (Å²) < 4.78 is 41.3. The number of amides is 2. The molecule has 160 valence electrons. The highest BCUT2D eigenvalue weighted by Crippen LogP contribution is 2.25. The summed E-state index contributed by atoms with van der Waals surface area (Å²) in [5.74, 6) is -1.64. The lowest BCUT2D eigenvalue weighted by Gasteiger charge is -2.11. The summed E-state index contributed by atoms with van der Waals surface area (Å²) in [7, 11) is 0. The zero-order chi connectivity index (χ0) is 22.1. The van der Waals surface area contributed by atoms with Crippen molar-refractivity contribution >= 4 is 17.5 Å². The monoisotopic (exact) mass is 426 g/mol. The largest absolute Gasteiger partial charge is 0.484 e. The highest BCUT2D eigenvalue weighted by Gasteiger charge is 2.29. The molecule has 1 aromatic heterocycles. The molecule has 0 atom stereocenters. The highest BCUT2D eigenvalue weighted by molar-refractivity contribution is 5.98. The first-order valence-corrected chi connectivity index (χ1v) is 8.57. The molecule has 0 radical (unpaired) electrons. The number of nitrogens with one attached hydrogen (secondary N) is 2. The Hall–Kier alpha value is -3.70.